The summed E-state index contributed by atoms with van der Waals surface area (Å²) >= 11 is 0. The molecule has 1 amide bonds. The Morgan fingerprint density at radius 2 is 2.14 bits per heavy atom. The molecule has 118 valence electrons. The third kappa shape index (κ3) is 5.00. The number of pyridine rings is 1. The molecule has 0 saturated carbocycles. The van der Waals surface area contributed by atoms with Crippen molar-refractivity contribution in [1.82, 2.24) is 10.3 Å². The Bertz CT molecular complexity index is 650. The lowest BCUT2D eigenvalue weighted by atomic mass is 10.0. The topological polar surface area (TPSA) is 77.2 Å². The zero-order chi connectivity index (χ0) is 16.2. The second kappa shape index (κ2) is 6.75. The molecule has 0 aliphatic carbocycles. The molecule has 1 atom stereocenters. The summed E-state index contributed by atoms with van der Waals surface area (Å²) in [7, 11) is 0. The van der Waals surface area contributed by atoms with Crippen molar-refractivity contribution in [1.29, 1.82) is 0 Å². The molecule has 0 bridgehead atoms. The summed E-state index contributed by atoms with van der Waals surface area (Å²) in [5.74, 6) is 0. The van der Waals surface area contributed by atoms with E-state index in [4.69, 9.17) is 10.5 Å². The van der Waals surface area contributed by atoms with Crippen LogP contribution in [0.25, 0.3) is 10.9 Å². The number of nitrogens with one attached hydrogen (secondary N) is 1. The van der Waals surface area contributed by atoms with Gasteiger partial charge in [0.05, 0.1) is 5.52 Å². The van der Waals surface area contributed by atoms with Crippen molar-refractivity contribution in [2.75, 3.05) is 6.54 Å². The zero-order valence-corrected chi connectivity index (χ0v) is 13.3. The van der Waals surface area contributed by atoms with Gasteiger partial charge in [-0.1, -0.05) is 12.1 Å². The van der Waals surface area contributed by atoms with Crippen LogP contribution in [0.1, 0.15) is 26.3 Å². The van der Waals surface area contributed by atoms with Crippen LogP contribution < -0.4 is 11.1 Å². The monoisotopic (exact) mass is 301 g/mol. The predicted octanol–water partition coefficient (Wildman–Crippen LogP) is 2.63. The van der Waals surface area contributed by atoms with Crippen molar-refractivity contribution in [2.45, 2.75) is 38.8 Å². The van der Waals surface area contributed by atoms with Gasteiger partial charge in [-0.3, -0.25) is 4.98 Å². The van der Waals surface area contributed by atoms with Crippen LogP contribution in [-0.4, -0.2) is 29.3 Å². The van der Waals surface area contributed by atoms with Gasteiger partial charge in [0.15, 0.2) is 0 Å². The lowest BCUT2D eigenvalue weighted by Crippen LogP contribution is -2.41. The standard InChI is InChI=1S/C17H23N3O2/c1-17(2,3)22-16(21)20-11-14(18)10-12-6-7-15-13(9-12)5-4-8-19-15/h4-9,14H,10-11,18H2,1-3H3,(H,20,21). The number of carbonyl (C=O) groups excluding carboxylic acids is 1. The summed E-state index contributed by atoms with van der Waals surface area (Å²) < 4.78 is 5.18. The lowest BCUT2D eigenvalue weighted by molar-refractivity contribution is 0.0524. The van der Waals surface area contributed by atoms with Gasteiger partial charge in [0.1, 0.15) is 5.60 Å². The normalized spacial score (nSPS) is 12.9. The molecule has 5 nitrogen and oxygen atoms in total. The molecule has 2 rings (SSSR count). The van der Waals surface area contributed by atoms with Crippen LogP contribution in [0.3, 0.4) is 0 Å². The van der Waals surface area contributed by atoms with Crippen LogP contribution in [0.5, 0.6) is 0 Å². The Morgan fingerprint density at radius 3 is 2.86 bits per heavy atom. The summed E-state index contributed by atoms with van der Waals surface area (Å²) in [6.07, 6.45) is 2.02. The maximum absolute atomic E-state index is 11.6. The number of aromatic nitrogens is 1. The van der Waals surface area contributed by atoms with E-state index in [1.54, 1.807) is 6.20 Å². The molecule has 0 fully saturated rings. The van der Waals surface area contributed by atoms with Gasteiger partial charge in [-0.25, -0.2) is 4.79 Å². The minimum absolute atomic E-state index is 0.165. The lowest BCUT2D eigenvalue weighted by Gasteiger charge is -2.20. The SMILES string of the molecule is CC(C)(C)OC(=O)NCC(N)Cc1ccc2ncccc2c1. The third-order valence-corrected chi connectivity index (χ3v) is 3.07. The number of hydrogen-bond donors (Lipinski definition) is 2. The first-order chi connectivity index (χ1) is 10.3. The Labute approximate surface area is 130 Å². The van der Waals surface area contributed by atoms with Gasteiger partial charge in [0.25, 0.3) is 0 Å². The highest BCUT2D eigenvalue weighted by molar-refractivity contribution is 5.78. The van der Waals surface area contributed by atoms with E-state index in [0.29, 0.717) is 13.0 Å². The molecule has 2 aromatic rings. The Morgan fingerprint density at radius 1 is 1.36 bits per heavy atom. The number of alkyl carbamates (subject to hydrolysis) is 1. The first kappa shape index (κ1) is 16.2. The molecule has 0 spiro atoms. The summed E-state index contributed by atoms with van der Waals surface area (Å²) in [6.45, 7) is 5.86. The summed E-state index contributed by atoms with van der Waals surface area (Å²) in [5, 5.41) is 3.79. The fourth-order valence-electron chi connectivity index (χ4n) is 2.16. The van der Waals surface area contributed by atoms with Crippen molar-refractivity contribution in [3.63, 3.8) is 0 Å². The van der Waals surface area contributed by atoms with Crippen molar-refractivity contribution in [3.8, 4) is 0 Å². The van der Waals surface area contributed by atoms with E-state index < -0.39 is 11.7 Å². The number of nitrogens with two attached hydrogens (primary N) is 1. The molecule has 1 unspecified atom stereocenters. The Hall–Kier alpha value is -2.14. The van der Waals surface area contributed by atoms with Crippen LogP contribution in [0.4, 0.5) is 4.79 Å². The maximum Gasteiger partial charge on any atom is 0.407 e. The number of carbonyl (C=O) groups is 1. The van der Waals surface area contributed by atoms with E-state index in [2.05, 4.69) is 16.4 Å². The molecular formula is C17H23N3O2. The number of rotatable bonds is 4. The van der Waals surface area contributed by atoms with Gasteiger partial charge in [-0.05, 0) is 51.0 Å². The highest BCUT2D eigenvalue weighted by Crippen LogP contribution is 2.14. The van der Waals surface area contributed by atoms with Crippen LogP contribution in [0.2, 0.25) is 0 Å². The first-order valence-corrected chi connectivity index (χ1v) is 7.39. The molecule has 3 N–H and O–H groups in total. The van der Waals surface area contributed by atoms with E-state index >= 15 is 0 Å². The van der Waals surface area contributed by atoms with Crippen LogP contribution in [-0.2, 0) is 11.2 Å². The second-order valence-corrected chi connectivity index (χ2v) is 6.38. The minimum atomic E-state index is -0.500. The summed E-state index contributed by atoms with van der Waals surface area (Å²) in [5.41, 5.74) is 7.66. The smallest absolute Gasteiger partial charge is 0.407 e. The largest absolute Gasteiger partial charge is 0.444 e. The van der Waals surface area contributed by atoms with Crippen LogP contribution in [0.15, 0.2) is 36.5 Å². The fourth-order valence-corrected chi connectivity index (χ4v) is 2.16. The first-order valence-electron chi connectivity index (χ1n) is 7.39. The Kier molecular flexibility index (Phi) is 4.98. The molecule has 1 aromatic heterocycles. The fraction of sp³-hybridized carbons (Fsp3) is 0.412. The molecule has 0 aliphatic heterocycles. The molecule has 0 radical (unpaired) electrons. The van der Waals surface area contributed by atoms with Gasteiger partial charge in [-0.15, -0.1) is 0 Å². The average Bonchev–Trinajstić information content (AvgIpc) is 2.43. The second-order valence-electron chi connectivity index (χ2n) is 6.38. The number of amides is 1. The molecule has 0 aliphatic rings. The number of fused-ring (bicyclic) bond motifs is 1. The molecule has 0 saturated heterocycles. The van der Waals surface area contributed by atoms with E-state index in [9.17, 15) is 4.79 Å². The van der Waals surface area contributed by atoms with Crippen molar-refractivity contribution in [2.24, 2.45) is 5.73 Å². The van der Waals surface area contributed by atoms with Crippen LogP contribution in [0, 0.1) is 0 Å². The molecule has 5 heteroatoms. The number of ether oxygens (including phenoxy) is 1. The number of benzene rings is 1. The minimum Gasteiger partial charge on any atom is -0.444 e. The number of nitrogens with zero attached hydrogens (tertiary/aromatic N) is 1. The quantitative estimate of drug-likeness (QED) is 0.910. The highest BCUT2D eigenvalue weighted by atomic mass is 16.6. The van der Waals surface area contributed by atoms with Gasteiger partial charge < -0.3 is 15.8 Å². The van der Waals surface area contributed by atoms with Gasteiger partial charge >= 0.3 is 6.09 Å². The number of hydrogen-bond acceptors (Lipinski definition) is 4. The third-order valence-electron chi connectivity index (χ3n) is 3.07. The van der Waals surface area contributed by atoms with E-state index in [-0.39, 0.29) is 6.04 Å². The maximum atomic E-state index is 11.6. The molecule has 1 heterocycles. The summed E-state index contributed by atoms with van der Waals surface area (Å²) in [4.78, 5) is 15.9. The van der Waals surface area contributed by atoms with Crippen molar-refractivity contribution < 1.29 is 9.53 Å². The van der Waals surface area contributed by atoms with Crippen molar-refractivity contribution >= 4 is 17.0 Å². The van der Waals surface area contributed by atoms with Gasteiger partial charge in [-0.2, -0.15) is 0 Å². The van der Waals surface area contributed by atoms with E-state index in [1.165, 1.54) is 0 Å². The van der Waals surface area contributed by atoms with Gasteiger partial charge in [0.2, 0.25) is 0 Å². The molecule has 1 aromatic carbocycles. The van der Waals surface area contributed by atoms with Crippen LogP contribution >= 0.6 is 0 Å². The van der Waals surface area contributed by atoms with E-state index in [0.717, 1.165) is 16.5 Å². The highest BCUT2D eigenvalue weighted by Gasteiger charge is 2.16. The average molecular weight is 301 g/mol. The zero-order valence-electron chi connectivity index (χ0n) is 13.3. The van der Waals surface area contributed by atoms with E-state index in [1.807, 2.05) is 45.0 Å². The van der Waals surface area contributed by atoms with Crippen molar-refractivity contribution in [3.05, 3.63) is 42.1 Å². The predicted molar refractivity (Wildman–Crippen MR) is 87.7 cm³/mol. The van der Waals surface area contributed by atoms with Gasteiger partial charge in [0, 0.05) is 24.2 Å². The molecular weight excluding hydrogens is 278 g/mol. The molecule has 22 heavy (non-hydrogen) atoms. The Balaban J connectivity index is 1.88. The summed E-state index contributed by atoms with van der Waals surface area (Å²) in [6, 6.07) is 9.85.